The first kappa shape index (κ1) is 20.9. The van der Waals surface area contributed by atoms with Gasteiger partial charge in [0.05, 0.1) is 11.4 Å². The summed E-state index contributed by atoms with van der Waals surface area (Å²) >= 11 is 5.91. The van der Waals surface area contributed by atoms with Gasteiger partial charge in [-0.2, -0.15) is 5.10 Å². The number of anilines is 3. The van der Waals surface area contributed by atoms with E-state index in [-0.39, 0.29) is 17.4 Å². The first-order chi connectivity index (χ1) is 14.7. The number of halogens is 1. The second-order valence-corrected chi connectivity index (χ2v) is 8.99. The fourth-order valence-corrected chi connectivity index (χ4v) is 3.47. The predicted molar refractivity (Wildman–Crippen MR) is 123 cm³/mol. The van der Waals surface area contributed by atoms with Gasteiger partial charge in [-0.3, -0.25) is 10.1 Å². The van der Waals surface area contributed by atoms with E-state index in [4.69, 9.17) is 16.7 Å². The van der Waals surface area contributed by atoms with Gasteiger partial charge in [0.25, 0.3) is 0 Å². The van der Waals surface area contributed by atoms with Crippen LogP contribution in [0.25, 0.3) is 5.69 Å². The van der Waals surface area contributed by atoms with Crippen molar-refractivity contribution in [2.24, 2.45) is 0 Å². The predicted octanol–water partition coefficient (Wildman–Crippen LogP) is 5.35. The molecule has 0 saturated heterocycles. The van der Waals surface area contributed by atoms with Crippen LogP contribution in [-0.2, 0) is 16.6 Å². The van der Waals surface area contributed by atoms with Crippen LogP contribution in [0, 0.1) is 0 Å². The molecule has 3 amide bonds. The Bertz CT molecular complexity index is 1150. The van der Waals surface area contributed by atoms with E-state index in [9.17, 15) is 9.59 Å². The minimum atomic E-state index is -0.380. The highest BCUT2D eigenvalue weighted by molar-refractivity contribution is 6.30. The van der Waals surface area contributed by atoms with E-state index < -0.39 is 0 Å². The zero-order valence-corrected chi connectivity index (χ0v) is 18.4. The lowest BCUT2D eigenvalue weighted by atomic mass is 9.92. The third-order valence-electron chi connectivity index (χ3n) is 5.05. The largest absolute Gasteiger partial charge is 0.326 e. The topological polar surface area (TPSA) is 88.0 Å². The molecule has 1 aliphatic heterocycles. The quantitative estimate of drug-likeness (QED) is 0.516. The molecule has 0 aliphatic carbocycles. The highest BCUT2D eigenvalue weighted by Gasteiger charge is 2.23. The Balaban J connectivity index is 1.64. The summed E-state index contributed by atoms with van der Waals surface area (Å²) in [6.45, 7) is 6.21. The maximum atomic E-state index is 12.6. The van der Waals surface area contributed by atoms with Gasteiger partial charge in [-0.05, 0) is 54.4 Å². The molecule has 0 unspecified atom stereocenters. The highest BCUT2D eigenvalue weighted by Crippen LogP contribution is 2.29. The molecule has 2 heterocycles. The van der Waals surface area contributed by atoms with Gasteiger partial charge in [-0.15, -0.1) is 0 Å². The number of urea groups is 1. The fourth-order valence-electron chi connectivity index (χ4n) is 3.35. The normalized spacial score (nSPS) is 13.4. The van der Waals surface area contributed by atoms with Crippen LogP contribution < -0.4 is 16.0 Å². The van der Waals surface area contributed by atoms with Gasteiger partial charge in [-0.25, -0.2) is 9.48 Å². The van der Waals surface area contributed by atoms with Crippen LogP contribution in [0.3, 0.4) is 0 Å². The molecule has 0 spiro atoms. The van der Waals surface area contributed by atoms with Crippen LogP contribution in [-0.4, -0.2) is 21.7 Å². The third kappa shape index (κ3) is 4.72. The zero-order chi connectivity index (χ0) is 22.2. The number of carbonyl (C=O) groups is 2. The summed E-state index contributed by atoms with van der Waals surface area (Å²) in [5.74, 6) is 0.576. The van der Waals surface area contributed by atoms with Crippen molar-refractivity contribution in [3.8, 4) is 5.69 Å². The molecular formula is C23H24ClN5O2. The van der Waals surface area contributed by atoms with Crippen molar-refractivity contribution in [3.05, 3.63) is 64.8 Å². The van der Waals surface area contributed by atoms with E-state index in [2.05, 4.69) is 36.7 Å². The Morgan fingerprint density at radius 2 is 1.81 bits per heavy atom. The number of aromatic nitrogens is 2. The second-order valence-electron chi connectivity index (χ2n) is 8.55. The van der Waals surface area contributed by atoms with E-state index >= 15 is 0 Å². The maximum absolute atomic E-state index is 12.6. The van der Waals surface area contributed by atoms with Crippen molar-refractivity contribution in [1.82, 2.24) is 9.78 Å². The monoisotopic (exact) mass is 437 g/mol. The van der Waals surface area contributed by atoms with Crippen LogP contribution in [0.5, 0.6) is 0 Å². The molecule has 0 bridgehead atoms. The molecule has 4 rings (SSSR count). The van der Waals surface area contributed by atoms with E-state index in [1.54, 1.807) is 28.9 Å². The number of nitrogens with one attached hydrogen (secondary N) is 3. The lowest BCUT2D eigenvalue weighted by Gasteiger charge is -2.18. The summed E-state index contributed by atoms with van der Waals surface area (Å²) in [4.78, 5) is 24.3. The molecule has 0 radical (unpaired) electrons. The first-order valence-corrected chi connectivity index (χ1v) is 10.4. The number of amides is 3. The number of nitrogens with zero attached hydrogens (tertiary/aromatic N) is 2. The van der Waals surface area contributed by atoms with Crippen molar-refractivity contribution in [2.75, 3.05) is 16.0 Å². The SMILES string of the molecule is CC(C)(C)c1cc(NC(=O)Nc2ccc(Cl)cc2)n(-c2ccc3c(c2)CCC(=O)N3)n1. The molecule has 31 heavy (non-hydrogen) atoms. The van der Waals surface area contributed by atoms with Crippen LogP contribution in [0.4, 0.5) is 22.0 Å². The molecule has 7 nitrogen and oxygen atoms in total. The minimum Gasteiger partial charge on any atom is -0.326 e. The van der Waals surface area contributed by atoms with Gasteiger partial charge < -0.3 is 10.6 Å². The number of rotatable bonds is 3. The molecule has 1 aromatic heterocycles. The molecule has 3 N–H and O–H groups in total. The van der Waals surface area contributed by atoms with Crippen molar-refractivity contribution < 1.29 is 9.59 Å². The summed E-state index contributed by atoms with van der Waals surface area (Å²) in [5.41, 5.74) is 3.96. The molecule has 8 heteroatoms. The summed E-state index contributed by atoms with van der Waals surface area (Å²) < 4.78 is 1.72. The van der Waals surface area contributed by atoms with Crippen LogP contribution in [0.15, 0.2) is 48.5 Å². The molecule has 3 aromatic rings. The lowest BCUT2D eigenvalue weighted by molar-refractivity contribution is -0.116. The summed E-state index contributed by atoms with van der Waals surface area (Å²) in [7, 11) is 0. The summed E-state index contributed by atoms with van der Waals surface area (Å²) in [6, 6.07) is 14.1. The molecular weight excluding hydrogens is 414 g/mol. The number of fused-ring (bicyclic) bond motifs is 1. The summed E-state index contributed by atoms with van der Waals surface area (Å²) in [6.07, 6.45) is 1.12. The van der Waals surface area contributed by atoms with E-state index in [0.29, 0.717) is 29.4 Å². The van der Waals surface area contributed by atoms with Crippen LogP contribution in [0.2, 0.25) is 5.02 Å². The van der Waals surface area contributed by atoms with Gasteiger partial charge in [-0.1, -0.05) is 32.4 Å². The van der Waals surface area contributed by atoms with Gasteiger partial charge in [0.2, 0.25) is 5.91 Å². The van der Waals surface area contributed by atoms with Gasteiger partial charge >= 0.3 is 6.03 Å². The molecule has 2 aromatic carbocycles. The smallest absolute Gasteiger partial charge is 0.324 e. The third-order valence-corrected chi connectivity index (χ3v) is 5.30. The molecule has 1 aliphatic rings. The van der Waals surface area contributed by atoms with Crippen molar-refractivity contribution >= 4 is 40.7 Å². The number of hydrogen-bond acceptors (Lipinski definition) is 3. The molecule has 0 saturated carbocycles. The Morgan fingerprint density at radius 3 is 2.52 bits per heavy atom. The Labute approximate surface area is 185 Å². The Hall–Kier alpha value is -3.32. The van der Waals surface area contributed by atoms with E-state index in [1.165, 1.54) is 0 Å². The number of hydrogen-bond donors (Lipinski definition) is 3. The highest BCUT2D eigenvalue weighted by atomic mass is 35.5. The minimum absolute atomic E-state index is 0.0237. The standard InChI is InChI=1S/C23H24ClN5O2/c1-23(2,3)19-13-20(27-22(31)25-16-7-5-15(24)6-8-16)29(28-19)17-9-10-18-14(12-17)4-11-21(30)26-18/h5-10,12-13H,4,11H2,1-3H3,(H,26,30)(H2,25,27,31). The average Bonchev–Trinajstić information content (AvgIpc) is 3.13. The Morgan fingerprint density at radius 1 is 1.06 bits per heavy atom. The van der Waals surface area contributed by atoms with Crippen molar-refractivity contribution in [2.45, 2.75) is 39.0 Å². The molecule has 160 valence electrons. The van der Waals surface area contributed by atoms with Gasteiger partial charge in [0, 0.05) is 34.3 Å². The van der Waals surface area contributed by atoms with Crippen LogP contribution in [0.1, 0.15) is 38.4 Å². The number of aryl methyl sites for hydroxylation is 1. The van der Waals surface area contributed by atoms with Crippen LogP contribution >= 0.6 is 11.6 Å². The lowest BCUT2D eigenvalue weighted by Crippen LogP contribution is -2.21. The van der Waals surface area contributed by atoms with Gasteiger partial charge in [0.1, 0.15) is 5.82 Å². The molecule has 0 atom stereocenters. The molecule has 0 fully saturated rings. The van der Waals surface area contributed by atoms with E-state index in [1.807, 2.05) is 24.3 Å². The second kappa shape index (κ2) is 8.07. The maximum Gasteiger partial charge on any atom is 0.324 e. The average molecular weight is 438 g/mol. The van der Waals surface area contributed by atoms with Gasteiger partial charge in [0.15, 0.2) is 0 Å². The number of carbonyl (C=O) groups excluding carboxylic acids is 2. The van der Waals surface area contributed by atoms with Crippen molar-refractivity contribution in [1.29, 1.82) is 0 Å². The summed E-state index contributed by atoms with van der Waals surface area (Å²) in [5, 5.41) is 13.9. The van der Waals surface area contributed by atoms with Crippen molar-refractivity contribution in [3.63, 3.8) is 0 Å². The fraction of sp³-hybridized carbons (Fsp3) is 0.261. The zero-order valence-electron chi connectivity index (χ0n) is 17.6. The van der Waals surface area contributed by atoms with E-state index in [0.717, 1.165) is 22.6 Å². The first-order valence-electron chi connectivity index (χ1n) is 10.1. The Kier molecular flexibility index (Phi) is 5.45. The number of benzene rings is 2.